The topological polar surface area (TPSA) is 3.24 Å². The van der Waals surface area contributed by atoms with Gasteiger partial charge in [0, 0.05) is 0 Å². The lowest BCUT2D eigenvalue weighted by molar-refractivity contribution is 0.379. The summed E-state index contributed by atoms with van der Waals surface area (Å²) in [7, 11) is 4.15. The molecule has 2 rings (SSSR count). The van der Waals surface area contributed by atoms with Crippen molar-refractivity contribution in [3.05, 3.63) is 71.5 Å². The third-order valence-electron chi connectivity index (χ3n) is 3.62. The third kappa shape index (κ3) is 4.17. The first kappa shape index (κ1) is 14.7. The number of hydrogen-bond acceptors (Lipinski definition) is 1. The first-order chi connectivity index (χ1) is 9.66. The van der Waals surface area contributed by atoms with E-state index < -0.39 is 0 Å². The van der Waals surface area contributed by atoms with E-state index >= 15 is 0 Å². The molecule has 0 fully saturated rings. The number of rotatable bonds is 6. The molecule has 0 N–H and O–H groups in total. The van der Waals surface area contributed by atoms with Gasteiger partial charge in [-0.3, -0.25) is 0 Å². The molecule has 0 spiro atoms. The summed E-state index contributed by atoms with van der Waals surface area (Å²) in [6, 6.07) is 17.5. The van der Waals surface area contributed by atoms with Crippen LogP contribution in [0.3, 0.4) is 0 Å². The van der Waals surface area contributed by atoms with Crippen molar-refractivity contribution in [3.8, 4) is 0 Å². The SMILES string of the molecule is CN(C)CCC(Cc1ccccc1F)c1ccccc1. The molecule has 1 unspecified atom stereocenters. The zero-order valence-corrected chi connectivity index (χ0v) is 12.2. The number of hydrogen-bond donors (Lipinski definition) is 0. The first-order valence-corrected chi connectivity index (χ1v) is 7.10. The van der Waals surface area contributed by atoms with Crippen molar-refractivity contribution in [2.24, 2.45) is 0 Å². The summed E-state index contributed by atoms with van der Waals surface area (Å²) in [5.74, 6) is 0.258. The van der Waals surface area contributed by atoms with Crippen LogP contribution >= 0.6 is 0 Å². The van der Waals surface area contributed by atoms with Crippen molar-refractivity contribution in [2.45, 2.75) is 18.8 Å². The summed E-state index contributed by atoms with van der Waals surface area (Å²) in [5.41, 5.74) is 2.10. The Bertz CT molecular complexity index is 522. The van der Waals surface area contributed by atoms with Crippen LogP contribution in [-0.2, 0) is 6.42 Å². The van der Waals surface area contributed by atoms with Gasteiger partial charge >= 0.3 is 0 Å². The van der Waals surface area contributed by atoms with Gasteiger partial charge in [-0.1, -0.05) is 48.5 Å². The summed E-state index contributed by atoms with van der Waals surface area (Å²) >= 11 is 0. The highest BCUT2D eigenvalue weighted by molar-refractivity contribution is 5.25. The van der Waals surface area contributed by atoms with E-state index in [0.29, 0.717) is 5.92 Å². The Morgan fingerprint density at radius 3 is 2.25 bits per heavy atom. The molecule has 0 aliphatic carbocycles. The van der Waals surface area contributed by atoms with Crippen LogP contribution in [0.4, 0.5) is 4.39 Å². The Hall–Kier alpha value is -1.67. The lowest BCUT2D eigenvalue weighted by Gasteiger charge is -2.20. The fourth-order valence-corrected chi connectivity index (χ4v) is 2.46. The monoisotopic (exact) mass is 271 g/mol. The average molecular weight is 271 g/mol. The van der Waals surface area contributed by atoms with Crippen molar-refractivity contribution in [1.29, 1.82) is 0 Å². The van der Waals surface area contributed by atoms with Crippen LogP contribution in [-0.4, -0.2) is 25.5 Å². The van der Waals surface area contributed by atoms with Crippen molar-refractivity contribution in [2.75, 3.05) is 20.6 Å². The molecule has 20 heavy (non-hydrogen) atoms. The highest BCUT2D eigenvalue weighted by atomic mass is 19.1. The molecular weight excluding hydrogens is 249 g/mol. The van der Waals surface area contributed by atoms with E-state index in [9.17, 15) is 4.39 Å². The van der Waals surface area contributed by atoms with Gasteiger partial charge in [0.2, 0.25) is 0 Å². The Morgan fingerprint density at radius 2 is 1.60 bits per heavy atom. The quantitative estimate of drug-likeness (QED) is 0.764. The highest BCUT2D eigenvalue weighted by Gasteiger charge is 2.14. The number of nitrogens with zero attached hydrogens (tertiary/aromatic N) is 1. The summed E-state index contributed by atoms with van der Waals surface area (Å²) in [6.45, 7) is 1.01. The maximum atomic E-state index is 13.9. The van der Waals surface area contributed by atoms with Crippen LogP contribution in [0.25, 0.3) is 0 Å². The van der Waals surface area contributed by atoms with Gasteiger partial charge in [-0.2, -0.15) is 0 Å². The van der Waals surface area contributed by atoms with Crippen molar-refractivity contribution >= 4 is 0 Å². The summed E-state index contributed by atoms with van der Waals surface area (Å²) in [6.07, 6.45) is 1.79. The van der Waals surface area contributed by atoms with E-state index in [1.807, 2.05) is 18.2 Å². The predicted molar refractivity (Wildman–Crippen MR) is 82.5 cm³/mol. The van der Waals surface area contributed by atoms with E-state index in [1.54, 1.807) is 12.1 Å². The minimum atomic E-state index is -0.0988. The molecule has 2 aromatic rings. The molecule has 106 valence electrons. The second-order valence-corrected chi connectivity index (χ2v) is 5.50. The highest BCUT2D eigenvalue weighted by Crippen LogP contribution is 2.25. The molecule has 0 aliphatic heterocycles. The summed E-state index contributed by atoms with van der Waals surface area (Å²) in [4.78, 5) is 2.18. The van der Waals surface area contributed by atoms with Gasteiger partial charge in [0.1, 0.15) is 5.82 Å². The molecule has 0 heterocycles. The van der Waals surface area contributed by atoms with E-state index in [1.165, 1.54) is 5.56 Å². The smallest absolute Gasteiger partial charge is 0.126 e. The number of halogens is 1. The first-order valence-electron chi connectivity index (χ1n) is 7.10. The van der Waals surface area contributed by atoms with Crippen LogP contribution in [0, 0.1) is 5.82 Å². The van der Waals surface area contributed by atoms with Gasteiger partial charge in [0.05, 0.1) is 0 Å². The van der Waals surface area contributed by atoms with Gasteiger partial charge in [0.15, 0.2) is 0 Å². The molecular formula is C18H22FN. The Balaban J connectivity index is 2.16. The largest absolute Gasteiger partial charge is 0.309 e. The van der Waals surface area contributed by atoms with E-state index in [-0.39, 0.29) is 5.82 Å². The molecule has 0 bridgehead atoms. The minimum Gasteiger partial charge on any atom is -0.309 e. The van der Waals surface area contributed by atoms with Crippen LogP contribution in [0.15, 0.2) is 54.6 Å². The Morgan fingerprint density at radius 1 is 0.950 bits per heavy atom. The van der Waals surface area contributed by atoms with E-state index in [2.05, 4.69) is 43.3 Å². The predicted octanol–water partition coefficient (Wildman–Crippen LogP) is 4.10. The second kappa shape index (κ2) is 7.20. The van der Waals surface area contributed by atoms with E-state index in [0.717, 1.165) is 24.9 Å². The molecule has 1 nitrogen and oxygen atoms in total. The zero-order valence-electron chi connectivity index (χ0n) is 12.2. The minimum absolute atomic E-state index is 0.0988. The molecule has 0 amide bonds. The fourth-order valence-electron chi connectivity index (χ4n) is 2.46. The van der Waals surface area contributed by atoms with Crippen LogP contribution < -0.4 is 0 Å². The van der Waals surface area contributed by atoms with Crippen LogP contribution in [0.1, 0.15) is 23.5 Å². The van der Waals surface area contributed by atoms with Gasteiger partial charge in [-0.05, 0) is 56.6 Å². The van der Waals surface area contributed by atoms with Gasteiger partial charge in [-0.15, -0.1) is 0 Å². The maximum Gasteiger partial charge on any atom is 0.126 e. The summed E-state index contributed by atoms with van der Waals surface area (Å²) in [5, 5.41) is 0. The number of benzene rings is 2. The standard InChI is InChI=1S/C18H22FN/c1-20(2)13-12-16(15-8-4-3-5-9-15)14-17-10-6-7-11-18(17)19/h3-11,16H,12-14H2,1-2H3. The van der Waals surface area contributed by atoms with Crippen LogP contribution in [0.2, 0.25) is 0 Å². The third-order valence-corrected chi connectivity index (χ3v) is 3.62. The average Bonchev–Trinajstić information content (AvgIpc) is 2.46. The molecule has 0 saturated heterocycles. The van der Waals surface area contributed by atoms with Gasteiger partial charge in [0.25, 0.3) is 0 Å². The lowest BCUT2D eigenvalue weighted by Crippen LogP contribution is -2.17. The van der Waals surface area contributed by atoms with E-state index in [4.69, 9.17) is 0 Å². The fraction of sp³-hybridized carbons (Fsp3) is 0.333. The second-order valence-electron chi connectivity index (χ2n) is 5.50. The molecule has 2 aromatic carbocycles. The van der Waals surface area contributed by atoms with Gasteiger partial charge in [-0.25, -0.2) is 4.39 Å². The van der Waals surface area contributed by atoms with Gasteiger partial charge < -0.3 is 4.90 Å². The Kier molecular flexibility index (Phi) is 5.31. The molecule has 0 aromatic heterocycles. The molecule has 1 atom stereocenters. The van der Waals surface area contributed by atoms with Crippen molar-refractivity contribution in [1.82, 2.24) is 4.90 Å². The molecule has 0 radical (unpaired) electrons. The lowest BCUT2D eigenvalue weighted by atomic mass is 9.89. The summed E-state index contributed by atoms with van der Waals surface area (Å²) < 4.78 is 13.9. The van der Waals surface area contributed by atoms with Crippen molar-refractivity contribution < 1.29 is 4.39 Å². The van der Waals surface area contributed by atoms with Crippen LogP contribution in [0.5, 0.6) is 0 Å². The van der Waals surface area contributed by atoms with Crippen molar-refractivity contribution in [3.63, 3.8) is 0 Å². The molecule has 0 aliphatic rings. The normalized spacial score (nSPS) is 12.6. The zero-order chi connectivity index (χ0) is 14.4. The molecule has 2 heteroatoms. The Labute approximate surface area is 121 Å². The molecule has 0 saturated carbocycles. The maximum absolute atomic E-state index is 13.9.